The van der Waals surface area contributed by atoms with Crippen molar-refractivity contribution in [1.82, 2.24) is 29.4 Å². The number of hydrogen-bond acceptors (Lipinski definition) is 7. The molecule has 3 aromatic rings. The van der Waals surface area contributed by atoms with Crippen LogP contribution in [0.2, 0.25) is 0 Å². The zero-order valence-corrected chi connectivity index (χ0v) is 21.7. The molecule has 1 aliphatic rings. The third-order valence-electron chi connectivity index (χ3n) is 6.13. The Bertz CT molecular complexity index is 1640. The van der Waals surface area contributed by atoms with Crippen LogP contribution in [0.4, 0.5) is 0 Å². The number of benzene rings is 1. The Hall–Kier alpha value is -2.76. The number of rotatable bonds is 11. The molecule has 1 saturated heterocycles. The lowest BCUT2D eigenvalue weighted by Gasteiger charge is -2.19. The number of nitrogens with zero attached hydrogens (tertiary/aromatic N) is 4. The van der Waals surface area contributed by atoms with E-state index in [9.17, 15) is 13.2 Å². The number of aromatic amines is 1. The highest BCUT2D eigenvalue weighted by Gasteiger charge is 2.23. The highest BCUT2D eigenvalue weighted by Crippen LogP contribution is 2.31. The van der Waals surface area contributed by atoms with Crippen molar-refractivity contribution < 1.29 is 21.4 Å². The second kappa shape index (κ2) is 11.1. The van der Waals surface area contributed by atoms with Crippen LogP contribution in [0.5, 0.6) is 5.75 Å². The van der Waals surface area contributed by atoms with Crippen LogP contribution in [-0.4, -0.2) is 65.8 Å². The molecule has 0 spiro atoms. The molecule has 0 amide bonds. The molecule has 196 valence electrons. The molecule has 0 aliphatic carbocycles. The van der Waals surface area contributed by atoms with E-state index in [0.29, 0.717) is 6.42 Å². The predicted octanol–water partition coefficient (Wildman–Crippen LogP) is 2.83. The van der Waals surface area contributed by atoms with Crippen LogP contribution in [-0.2, 0) is 23.4 Å². The number of likely N-dealkylation sites (tertiary alicyclic amines) is 1. The van der Waals surface area contributed by atoms with Crippen molar-refractivity contribution in [1.29, 1.82) is 0 Å². The Morgan fingerprint density at radius 3 is 2.81 bits per heavy atom. The van der Waals surface area contributed by atoms with Gasteiger partial charge in [0.25, 0.3) is 5.56 Å². The molecule has 0 bridgehead atoms. The van der Waals surface area contributed by atoms with E-state index in [-0.39, 0.29) is 57.8 Å². The van der Waals surface area contributed by atoms with E-state index in [2.05, 4.69) is 19.8 Å². The minimum atomic E-state index is -4.39. The van der Waals surface area contributed by atoms with E-state index in [0.717, 1.165) is 31.0 Å². The molecule has 0 saturated carbocycles. The lowest BCUT2D eigenvalue weighted by Crippen LogP contribution is -2.31. The second-order valence-electron chi connectivity index (χ2n) is 8.73. The minimum absolute atomic E-state index is 0.0322. The molecule has 2 aromatic heterocycles. The smallest absolute Gasteiger partial charge is 0.277 e. The average Bonchev–Trinajstić information content (AvgIpc) is 3.43. The van der Waals surface area contributed by atoms with Crippen molar-refractivity contribution in [2.24, 2.45) is 7.05 Å². The number of aromatic nitrogens is 4. The van der Waals surface area contributed by atoms with Crippen LogP contribution in [0, 0.1) is 0 Å². The van der Waals surface area contributed by atoms with E-state index in [1.165, 1.54) is 25.2 Å². The number of H-pyrrole nitrogens is 1. The molecule has 36 heavy (non-hydrogen) atoms. The Labute approximate surface area is 220 Å². The topological polar surface area (TPSA) is 122 Å². The first kappa shape index (κ1) is 19.4. The van der Waals surface area contributed by atoms with Crippen LogP contribution in [0.25, 0.3) is 22.4 Å². The maximum absolute atomic E-state index is 13.4. The Morgan fingerprint density at radius 1 is 1.31 bits per heavy atom. The standard InChI is InChI=1S/C25H36N6O4S/c1-5-8-20-22-23(31(4)29-20)25(32)28-24(27-22)19-16-18(10-11-21(19)35-15-6-2)36(33,34)26-13-12-17-9-7-14-30(17)3/h10-11,16-17,26H,5-9,12-15H2,1-4H3,(H,27,28,32)/i5D2,8D2,13D2. The molecular formula is C25H36N6O4S. The van der Waals surface area contributed by atoms with Gasteiger partial charge in [-0.3, -0.25) is 9.48 Å². The normalized spacial score (nSPS) is 20.4. The fourth-order valence-electron chi connectivity index (χ4n) is 4.26. The summed E-state index contributed by atoms with van der Waals surface area (Å²) >= 11 is 0. The van der Waals surface area contributed by atoms with Gasteiger partial charge in [-0.05, 0) is 63.8 Å². The molecule has 1 aliphatic heterocycles. The maximum Gasteiger partial charge on any atom is 0.277 e. The van der Waals surface area contributed by atoms with Gasteiger partial charge >= 0.3 is 0 Å². The van der Waals surface area contributed by atoms with Crippen molar-refractivity contribution >= 4 is 21.1 Å². The molecule has 1 unspecified atom stereocenters. The fraction of sp³-hybridized carbons (Fsp3) is 0.560. The number of ether oxygens (including phenoxy) is 1. The van der Waals surface area contributed by atoms with Crippen molar-refractivity contribution in [3.8, 4) is 17.1 Å². The second-order valence-corrected chi connectivity index (χ2v) is 10.4. The largest absolute Gasteiger partial charge is 0.493 e. The Morgan fingerprint density at radius 2 is 2.11 bits per heavy atom. The third kappa shape index (κ3) is 5.47. The molecule has 4 rings (SSSR count). The number of aryl methyl sites for hydroxylation is 2. The predicted molar refractivity (Wildman–Crippen MR) is 140 cm³/mol. The molecule has 10 nitrogen and oxygen atoms in total. The van der Waals surface area contributed by atoms with E-state index in [1.54, 1.807) is 0 Å². The molecule has 11 heteroatoms. The summed E-state index contributed by atoms with van der Waals surface area (Å²) < 4.78 is 85.4. The van der Waals surface area contributed by atoms with Crippen molar-refractivity contribution in [2.75, 3.05) is 26.7 Å². The SMILES string of the molecule is [2H]C([2H])(CC1CCCN1C)NS(=O)(=O)c1ccc(OCCC)c(-c2nc3c(C([2H])([2H])C([2H])([2H])C)nn(C)c3c(=O)[nH]2)c1. The number of hydrogen-bond donors (Lipinski definition) is 2. The highest BCUT2D eigenvalue weighted by molar-refractivity contribution is 7.89. The summed E-state index contributed by atoms with van der Waals surface area (Å²) in [6.07, 6.45) is -2.74. The summed E-state index contributed by atoms with van der Waals surface area (Å²) in [5.41, 5.74) is -1.29. The fourth-order valence-corrected chi connectivity index (χ4v) is 5.17. The summed E-state index contributed by atoms with van der Waals surface area (Å²) in [6, 6.07) is 3.76. The molecule has 0 radical (unpaired) electrons. The average molecular weight is 523 g/mol. The first-order chi connectivity index (χ1) is 19.4. The van der Waals surface area contributed by atoms with Gasteiger partial charge in [0.1, 0.15) is 17.1 Å². The minimum Gasteiger partial charge on any atom is -0.493 e. The molecular weight excluding hydrogens is 480 g/mol. The van der Waals surface area contributed by atoms with Crippen LogP contribution in [0.1, 0.15) is 59.8 Å². The van der Waals surface area contributed by atoms with Crippen LogP contribution in [0.3, 0.4) is 0 Å². The first-order valence-electron chi connectivity index (χ1n) is 14.9. The van der Waals surface area contributed by atoms with Crippen molar-refractivity contribution in [3.63, 3.8) is 0 Å². The summed E-state index contributed by atoms with van der Waals surface area (Å²) in [4.78, 5) is 21.9. The summed E-state index contributed by atoms with van der Waals surface area (Å²) in [6.45, 7) is 1.78. The van der Waals surface area contributed by atoms with Gasteiger partial charge in [0.2, 0.25) is 10.0 Å². The van der Waals surface area contributed by atoms with E-state index >= 15 is 0 Å². The maximum atomic E-state index is 13.4. The van der Waals surface area contributed by atoms with Gasteiger partial charge in [-0.15, -0.1) is 0 Å². The van der Waals surface area contributed by atoms with Gasteiger partial charge in [-0.25, -0.2) is 18.1 Å². The summed E-state index contributed by atoms with van der Waals surface area (Å²) in [5, 5.41) is 4.08. The van der Waals surface area contributed by atoms with Gasteiger partial charge in [0.05, 0.1) is 22.8 Å². The molecule has 1 atom stereocenters. The van der Waals surface area contributed by atoms with Gasteiger partial charge in [-0.1, -0.05) is 20.2 Å². The number of sulfonamides is 1. The lowest BCUT2D eigenvalue weighted by atomic mass is 10.1. The van der Waals surface area contributed by atoms with E-state index in [1.807, 2.05) is 18.9 Å². The lowest BCUT2D eigenvalue weighted by molar-refractivity contribution is 0.297. The molecule has 1 aromatic carbocycles. The Balaban J connectivity index is 1.83. The summed E-state index contributed by atoms with van der Waals surface area (Å²) in [7, 11) is -1.10. The van der Waals surface area contributed by atoms with Gasteiger partial charge < -0.3 is 14.6 Å². The molecule has 2 N–H and O–H groups in total. The monoisotopic (exact) mass is 522 g/mol. The van der Waals surface area contributed by atoms with Gasteiger partial charge in [0.15, 0.2) is 5.52 Å². The van der Waals surface area contributed by atoms with Crippen LogP contribution in [0.15, 0.2) is 27.9 Å². The van der Waals surface area contributed by atoms with Gasteiger partial charge in [0, 0.05) is 27.8 Å². The van der Waals surface area contributed by atoms with Crippen LogP contribution < -0.4 is 15.0 Å². The third-order valence-corrected chi connectivity index (χ3v) is 7.42. The Kier molecular flexibility index (Phi) is 5.97. The number of nitrogens with one attached hydrogen (secondary N) is 2. The van der Waals surface area contributed by atoms with Gasteiger partial charge in [-0.2, -0.15) is 5.10 Å². The van der Waals surface area contributed by atoms with E-state index < -0.39 is 34.8 Å². The highest BCUT2D eigenvalue weighted by atomic mass is 32.2. The summed E-state index contributed by atoms with van der Waals surface area (Å²) in [5.74, 6) is 0.0427. The quantitative estimate of drug-likeness (QED) is 0.397. The molecule has 1 fully saturated rings. The first-order valence-corrected chi connectivity index (χ1v) is 13.4. The van der Waals surface area contributed by atoms with Crippen molar-refractivity contribution in [3.05, 3.63) is 34.2 Å². The zero-order chi connectivity index (χ0) is 31.3. The van der Waals surface area contributed by atoms with Crippen molar-refractivity contribution in [2.45, 2.75) is 63.2 Å². The number of fused-ring (bicyclic) bond motifs is 1. The van der Waals surface area contributed by atoms with Crippen LogP contribution >= 0.6 is 0 Å². The zero-order valence-electron chi connectivity index (χ0n) is 26.9. The molecule has 3 heterocycles. The van der Waals surface area contributed by atoms with E-state index in [4.69, 9.17) is 13.0 Å².